The van der Waals surface area contributed by atoms with E-state index in [2.05, 4.69) is 11.0 Å². The molecule has 0 bridgehead atoms. The van der Waals surface area contributed by atoms with E-state index in [0.29, 0.717) is 5.02 Å². The van der Waals surface area contributed by atoms with Gasteiger partial charge in [0.1, 0.15) is 0 Å². The Morgan fingerprint density at radius 2 is 1.93 bits per heavy atom. The molecule has 1 atom stereocenters. The van der Waals surface area contributed by atoms with Crippen LogP contribution in [0.1, 0.15) is 17.9 Å². The van der Waals surface area contributed by atoms with Gasteiger partial charge in [-0.15, -0.1) is 0 Å². The van der Waals surface area contributed by atoms with E-state index < -0.39 is 0 Å². The number of nitriles is 1. The highest BCUT2D eigenvalue weighted by Gasteiger charge is 2.10. The number of nitrogens with zero attached hydrogens (tertiary/aromatic N) is 2. The molecule has 1 aromatic rings. The third-order valence-electron chi connectivity index (χ3n) is 2.29. The zero-order valence-corrected chi connectivity index (χ0v) is 9.83. The maximum Gasteiger partial charge on any atom is 0.0724 e. The summed E-state index contributed by atoms with van der Waals surface area (Å²) in [7, 11) is 4.02. The topological polar surface area (TPSA) is 27.0 Å². The second-order valence-electron chi connectivity index (χ2n) is 3.83. The molecule has 0 fully saturated rings. The van der Waals surface area contributed by atoms with Crippen molar-refractivity contribution in [3.05, 3.63) is 34.9 Å². The van der Waals surface area contributed by atoms with Gasteiger partial charge in [-0.25, -0.2) is 0 Å². The molecule has 1 unspecified atom stereocenters. The maximum atomic E-state index is 9.06. The van der Waals surface area contributed by atoms with Crippen LogP contribution < -0.4 is 0 Å². The van der Waals surface area contributed by atoms with E-state index in [4.69, 9.17) is 16.9 Å². The Balaban J connectivity index is 2.67. The molecule has 0 spiro atoms. The molecule has 0 aliphatic heterocycles. The average Bonchev–Trinajstić information content (AvgIpc) is 2.21. The van der Waals surface area contributed by atoms with Crippen LogP contribution in [-0.4, -0.2) is 25.5 Å². The molecule has 15 heavy (non-hydrogen) atoms. The highest BCUT2D eigenvalue weighted by Crippen LogP contribution is 2.20. The number of halogens is 1. The molecule has 0 saturated carbocycles. The quantitative estimate of drug-likeness (QED) is 0.784. The average molecular weight is 223 g/mol. The summed E-state index contributed by atoms with van der Waals surface area (Å²) in [6.45, 7) is 0.918. The zero-order chi connectivity index (χ0) is 11.3. The van der Waals surface area contributed by atoms with Crippen molar-refractivity contribution < 1.29 is 0 Å². The van der Waals surface area contributed by atoms with Crippen molar-refractivity contribution in [3.63, 3.8) is 0 Å². The van der Waals surface area contributed by atoms with Crippen LogP contribution in [0, 0.1) is 11.3 Å². The Bertz CT molecular complexity index is 338. The molecule has 0 heterocycles. The maximum absolute atomic E-state index is 9.06. The predicted molar refractivity (Wildman–Crippen MR) is 63.0 cm³/mol. The van der Waals surface area contributed by atoms with E-state index in [1.807, 2.05) is 38.4 Å². The van der Waals surface area contributed by atoms with Crippen molar-refractivity contribution >= 4 is 11.6 Å². The lowest BCUT2D eigenvalue weighted by atomic mass is 9.97. The Labute approximate surface area is 96.1 Å². The van der Waals surface area contributed by atoms with E-state index in [-0.39, 0.29) is 5.92 Å². The van der Waals surface area contributed by atoms with Gasteiger partial charge in [0.15, 0.2) is 0 Å². The normalized spacial score (nSPS) is 12.5. The SMILES string of the molecule is CN(C)CCC(C#N)c1ccc(Cl)cc1. The molecule has 0 N–H and O–H groups in total. The van der Waals surface area contributed by atoms with Crippen molar-refractivity contribution in [3.8, 4) is 6.07 Å². The predicted octanol–water partition coefficient (Wildman–Crippen LogP) is 2.90. The molecule has 2 nitrogen and oxygen atoms in total. The lowest BCUT2D eigenvalue weighted by Gasteiger charge is -2.13. The number of hydrogen-bond acceptors (Lipinski definition) is 2. The molecule has 80 valence electrons. The second kappa shape index (κ2) is 5.75. The van der Waals surface area contributed by atoms with Crippen LogP contribution in [0.3, 0.4) is 0 Å². The van der Waals surface area contributed by atoms with Gasteiger partial charge in [0.2, 0.25) is 0 Å². The van der Waals surface area contributed by atoms with Gasteiger partial charge < -0.3 is 4.90 Å². The monoisotopic (exact) mass is 222 g/mol. The van der Waals surface area contributed by atoms with Crippen LogP contribution in [0.25, 0.3) is 0 Å². The van der Waals surface area contributed by atoms with Crippen LogP contribution >= 0.6 is 11.6 Å². The minimum Gasteiger partial charge on any atom is -0.309 e. The van der Waals surface area contributed by atoms with Gasteiger partial charge in [-0.3, -0.25) is 0 Å². The van der Waals surface area contributed by atoms with Crippen LogP contribution in [0.4, 0.5) is 0 Å². The highest BCUT2D eigenvalue weighted by molar-refractivity contribution is 6.30. The lowest BCUT2D eigenvalue weighted by Crippen LogP contribution is -2.15. The highest BCUT2D eigenvalue weighted by atomic mass is 35.5. The Hall–Kier alpha value is -1.04. The summed E-state index contributed by atoms with van der Waals surface area (Å²) < 4.78 is 0. The minimum absolute atomic E-state index is 0.0373. The fraction of sp³-hybridized carbons (Fsp3) is 0.417. The Morgan fingerprint density at radius 1 is 1.33 bits per heavy atom. The van der Waals surface area contributed by atoms with Crippen LogP contribution in [0.5, 0.6) is 0 Å². The third-order valence-corrected chi connectivity index (χ3v) is 2.55. The van der Waals surface area contributed by atoms with E-state index in [9.17, 15) is 0 Å². The van der Waals surface area contributed by atoms with Crippen molar-refractivity contribution in [2.45, 2.75) is 12.3 Å². The van der Waals surface area contributed by atoms with Crippen molar-refractivity contribution in [2.75, 3.05) is 20.6 Å². The van der Waals surface area contributed by atoms with Crippen LogP contribution in [0.2, 0.25) is 5.02 Å². The number of hydrogen-bond donors (Lipinski definition) is 0. The molecule has 3 heteroatoms. The first-order valence-electron chi connectivity index (χ1n) is 4.93. The fourth-order valence-corrected chi connectivity index (χ4v) is 1.51. The lowest BCUT2D eigenvalue weighted by molar-refractivity contribution is 0.393. The van der Waals surface area contributed by atoms with Gasteiger partial charge in [0, 0.05) is 5.02 Å². The number of rotatable bonds is 4. The summed E-state index contributed by atoms with van der Waals surface area (Å²) in [5.74, 6) is -0.0373. The van der Waals surface area contributed by atoms with Gasteiger partial charge >= 0.3 is 0 Å². The standard InChI is InChI=1S/C12H15ClN2/c1-15(2)8-7-11(9-14)10-3-5-12(13)6-4-10/h3-6,11H,7-8H2,1-2H3. The van der Waals surface area contributed by atoms with Gasteiger partial charge in [-0.05, 0) is 44.8 Å². The first-order chi connectivity index (χ1) is 7.13. The molecule has 0 amide bonds. The van der Waals surface area contributed by atoms with E-state index in [1.165, 1.54) is 0 Å². The van der Waals surface area contributed by atoms with Crippen LogP contribution in [-0.2, 0) is 0 Å². The summed E-state index contributed by atoms with van der Waals surface area (Å²) in [5, 5.41) is 9.77. The summed E-state index contributed by atoms with van der Waals surface area (Å²) >= 11 is 5.80. The smallest absolute Gasteiger partial charge is 0.0724 e. The molecule has 1 rings (SSSR count). The molecule has 0 aliphatic rings. The van der Waals surface area contributed by atoms with E-state index in [0.717, 1.165) is 18.5 Å². The molecule has 0 radical (unpaired) electrons. The molecule has 0 saturated heterocycles. The largest absolute Gasteiger partial charge is 0.309 e. The minimum atomic E-state index is -0.0373. The fourth-order valence-electron chi connectivity index (χ4n) is 1.39. The molecule has 0 aliphatic carbocycles. The molecular formula is C12H15ClN2. The molecular weight excluding hydrogens is 208 g/mol. The first kappa shape index (κ1) is 12.0. The summed E-state index contributed by atoms with van der Waals surface area (Å²) in [5.41, 5.74) is 1.05. The third kappa shape index (κ3) is 3.91. The number of benzene rings is 1. The van der Waals surface area contributed by atoms with Gasteiger partial charge in [0.05, 0.1) is 12.0 Å². The summed E-state index contributed by atoms with van der Waals surface area (Å²) in [6, 6.07) is 9.83. The zero-order valence-electron chi connectivity index (χ0n) is 9.07. The molecule has 0 aromatic heterocycles. The van der Waals surface area contributed by atoms with Crippen LogP contribution in [0.15, 0.2) is 24.3 Å². The van der Waals surface area contributed by atoms with Crippen molar-refractivity contribution in [1.29, 1.82) is 5.26 Å². The van der Waals surface area contributed by atoms with Gasteiger partial charge in [0.25, 0.3) is 0 Å². The first-order valence-corrected chi connectivity index (χ1v) is 5.31. The van der Waals surface area contributed by atoms with Crippen molar-refractivity contribution in [1.82, 2.24) is 4.90 Å². The second-order valence-corrected chi connectivity index (χ2v) is 4.26. The van der Waals surface area contributed by atoms with Gasteiger partial charge in [-0.1, -0.05) is 23.7 Å². The summed E-state index contributed by atoms with van der Waals surface area (Å²) in [4.78, 5) is 2.08. The summed E-state index contributed by atoms with van der Waals surface area (Å²) in [6.07, 6.45) is 0.852. The Morgan fingerprint density at radius 3 is 2.40 bits per heavy atom. The molecule has 1 aromatic carbocycles. The van der Waals surface area contributed by atoms with E-state index in [1.54, 1.807) is 0 Å². The van der Waals surface area contributed by atoms with Crippen molar-refractivity contribution in [2.24, 2.45) is 0 Å². The van der Waals surface area contributed by atoms with E-state index >= 15 is 0 Å². The van der Waals surface area contributed by atoms with Gasteiger partial charge in [-0.2, -0.15) is 5.26 Å². The Kier molecular flexibility index (Phi) is 4.61.